The van der Waals surface area contributed by atoms with Crippen LogP contribution in [0.15, 0.2) is 30.6 Å². The summed E-state index contributed by atoms with van der Waals surface area (Å²) in [4.78, 5) is 32.4. The summed E-state index contributed by atoms with van der Waals surface area (Å²) in [6.45, 7) is 3.30. The van der Waals surface area contributed by atoms with Crippen LogP contribution in [0.2, 0.25) is 0 Å². The van der Waals surface area contributed by atoms with E-state index in [4.69, 9.17) is 19.4 Å². The number of halogens is 3. The average Bonchev–Trinajstić information content (AvgIpc) is 3.24. The predicted molar refractivity (Wildman–Crippen MR) is 136 cm³/mol. The second-order valence-corrected chi connectivity index (χ2v) is 9.72. The second-order valence-electron chi connectivity index (χ2n) is 9.72. The molecule has 39 heavy (non-hydrogen) atoms. The van der Waals surface area contributed by atoms with Crippen molar-refractivity contribution in [1.29, 1.82) is 0 Å². The molecule has 0 bridgehead atoms. The fourth-order valence-electron chi connectivity index (χ4n) is 5.31. The summed E-state index contributed by atoms with van der Waals surface area (Å²) < 4.78 is 42.7. The van der Waals surface area contributed by atoms with Gasteiger partial charge in [-0.25, -0.2) is 9.59 Å². The van der Waals surface area contributed by atoms with Crippen molar-refractivity contribution >= 4 is 12.0 Å². The number of hydrogen-bond acceptors (Lipinski definition) is 7. The fourth-order valence-corrected chi connectivity index (χ4v) is 5.31. The molecule has 3 atom stereocenters. The minimum atomic E-state index is -5.08. The zero-order valence-electron chi connectivity index (χ0n) is 22.3. The number of amides is 2. The summed E-state index contributed by atoms with van der Waals surface area (Å²) in [5.74, 6) is -1.24. The van der Waals surface area contributed by atoms with Gasteiger partial charge in [0.25, 0.3) is 0 Å². The third-order valence-corrected chi connectivity index (χ3v) is 7.33. The lowest BCUT2D eigenvalue weighted by Gasteiger charge is -2.45. The van der Waals surface area contributed by atoms with E-state index in [0.717, 1.165) is 55.1 Å². The highest BCUT2D eigenvalue weighted by atomic mass is 19.4. The summed E-state index contributed by atoms with van der Waals surface area (Å²) >= 11 is 0. The largest absolute Gasteiger partial charge is 0.493 e. The lowest BCUT2D eigenvalue weighted by atomic mass is 9.65. The number of carboxylic acid groups (broad SMARTS) is 1. The number of urea groups is 1. The highest BCUT2D eigenvalue weighted by Gasteiger charge is 2.50. The molecule has 1 aromatic heterocycles. The van der Waals surface area contributed by atoms with Crippen molar-refractivity contribution in [2.45, 2.75) is 62.8 Å². The summed E-state index contributed by atoms with van der Waals surface area (Å²) in [5, 5.41) is 13.2. The van der Waals surface area contributed by atoms with E-state index >= 15 is 0 Å². The molecule has 13 heteroatoms. The summed E-state index contributed by atoms with van der Waals surface area (Å²) in [7, 11) is 5.53. The van der Waals surface area contributed by atoms with Gasteiger partial charge in [0.05, 0.1) is 38.3 Å². The number of aliphatic carboxylic acids is 1. The van der Waals surface area contributed by atoms with Gasteiger partial charge < -0.3 is 30.1 Å². The normalized spacial score (nSPS) is 22.6. The molecule has 4 rings (SSSR count). The Labute approximate surface area is 224 Å². The first kappa shape index (κ1) is 29.9. The van der Waals surface area contributed by atoms with Crippen molar-refractivity contribution in [3.63, 3.8) is 0 Å². The number of carboxylic acids is 1. The highest BCUT2D eigenvalue weighted by Crippen LogP contribution is 2.49. The maximum absolute atomic E-state index is 12.5. The Morgan fingerprint density at radius 2 is 1.85 bits per heavy atom. The van der Waals surface area contributed by atoms with Gasteiger partial charge in [-0.2, -0.15) is 13.2 Å². The van der Waals surface area contributed by atoms with Crippen LogP contribution in [0.4, 0.5) is 18.0 Å². The smallest absolute Gasteiger partial charge is 0.490 e. The molecule has 2 amide bonds. The van der Waals surface area contributed by atoms with Gasteiger partial charge in [-0.05, 0) is 63.9 Å². The van der Waals surface area contributed by atoms with Crippen LogP contribution >= 0.6 is 0 Å². The van der Waals surface area contributed by atoms with E-state index in [2.05, 4.69) is 44.7 Å². The SMILES string of the molecule is COc1ccc([C@@]23CC[C@@H](NC(=O)NCc4cnc(C)cn4)C[C@@H]2N(C)CC3)cc1OC.O=C(O)C(F)(F)F. The lowest BCUT2D eigenvalue weighted by Crippen LogP contribution is -2.53. The van der Waals surface area contributed by atoms with E-state index in [1.807, 2.05) is 13.0 Å². The van der Waals surface area contributed by atoms with E-state index < -0.39 is 12.1 Å². The van der Waals surface area contributed by atoms with E-state index in [1.165, 1.54) is 5.56 Å². The molecular formula is C26H34F3N5O5. The van der Waals surface area contributed by atoms with E-state index in [9.17, 15) is 18.0 Å². The molecule has 1 aliphatic heterocycles. The van der Waals surface area contributed by atoms with Crippen LogP contribution in [0.25, 0.3) is 0 Å². The molecule has 1 saturated carbocycles. The number of methoxy groups -OCH3 is 2. The number of fused-ring (bicyclic) bond motifs is 1. The number of alkyl halides is 3. The van der Waals surface area contributed by atoms with E-state index in [-0.39, 0.29) is 17.5 Å². The minimum absolute atomic E-state index is 0.0699. The molecule has 3 N–H and O–H groups in total. The van der Waals surface area contributed by atoms with Crippen LogP contribution in [0.3, 0.4) is 0 Å². The zero-order valence-corrected chi connectivity index (χ0v) is 22.3. The van der Waals surface area contributed by atoms with Gasteiger partial charge in [0.15, 0.2) is 11.5 Å². The van der Waals surface area contributed by atoms with Gasteiger partial charge in [0.1, 0.15) is 0 Å². The molecule has 2 heterocycles. The van der Waals surface area contributed by atoms with Crippen LogP contribution in [-0.2, 0) is 16.8 Å². The first-order valence-corrected chi connectivity index (χ1v) is 12.4. The van der Waals surface area contributed by atoms with Gasteiger partial charge in [0, 0.05) is 23.7 Å². The second kappa shape index (κ2) is 12.5. The molecule has 10 nitrogen and oxygen atoms in total. The maximum atomic E-state index is 12.5. The molecule has 1 saturated heterocycles. The van der Waals surface area contributed by atoms with Crippen LogP contribution in [0, 0.1) is 6.92 Å². The Balaban J connectivity index is 0.000000532. The number of aromatic nitrogens is 2. The van der Waals surface area contributed by atoms with Gasteiger partial charge >= 0.3 is 18.2 Å². The monoisotopic (exact) mass is 553 g/mol. The number of ether oxygens (including phenoxy) is 2. The molecule has 2 fully saturated rings. The lowest BCUT2D eigenvalue weighted by molar-refractivity contribution is -0.192. The molecule has 1 aromatic carbocycles. The van der Waals surface area contributed by atoms with Crippen LogP contribution in [0.5, 0.6) is 11.5 Å². The van der Waals surface area contributed by atoms with Crippen molar-refractivity contribution in [2.75, 3.05) is 27.8 Å². The average molecular weight is 554 g/mol. The molecule has 1 aliphatic carbocycles. The molecule has 2 aliphatic rings. The summed E-state index contributed by atoms with van der Waals surface area (Å²) in [6.07, 6.45) is 2.31. The third kappa shape index (κ3) is 7.28. The van der Waals surface area contributed by atoms with Crippen molar-refractivity contribution in [3.8, 4) is 11.5 Å². The number of nitrogens with zero attached hydrogens (tertiary/aromatic N) is 3. The van der Waals surface area contributed by atoms with Crippen molar-refractivity contribution in [2.24, 2.45) is 0 Å². The van der Waals surface area contributed by atoms with Gasteiger partial charge in [-0.15, -0.1) is 0 Å². The zero-order chi connectivity index (χ0) is 28.8. The summed E-state index contributed by atoms with van der Waals surface area (Å²) in [6, 6.07) is 6.66. The molecule has 0 spiro atoms. The Hall–Kier alpha value is -3.61. The number of rotatable bonds is 6. The maximum Gasteiger partial charge on any atom is 0.490 e. The number of likely N-dealkylation sites (N-methyl/N-ethyl adjacent to an activating group) is 1. The van der Waals surface area contributed by atoms with Crippen LogP contribution < -0.4 is 20.1 Å². The topological polar surface area (TPSA) is 126 Å². The highest BCUT2D eigenvalue weighted by molar-refractivity contribution is 5.74. The van der Waals surface area contributed by atoms with E-state index in [1.54, 1.807) is 26.6 Å². The van der Waals surface area contributed by atoms with Gasteiger partial charge in [0.2, 0.25) is 0 Å². The molecule has 0 radical (unpaired) electrons. The van der Waals surface area contributed by atoms with Crippen LogP contribution in [-0.4, -0.2) is 78.0 Å². The first-order valence-electron chi connectivity index (χ1n) is 12.4. The van der Waals surface area contributed by atoms with Crippen molar-refractivity contribution in [1.82, 2.24) is 25.5 Å². The number of carbonyl (C=O) groups is 2. The number of carbonyl (C=O) groups excluding carboxylic acids is 1. The Bertz CT molecular complexity index is 1150. The van der Waals surface area contributed by atoms with Gasteiger partial charge in [-0.1, -0.05) is 6.07 Å². The van der Waals surface area contributed by atoms with Crippen molar-refractivity contribution < 1.29 is 37.3 Å². The summed E-state index contributed by atoms with van der Waals surface area (Å²) in [5.41, 5.74) is 2.97. The predicted octanol–water partition coefficient (Wildman–Crippen LogP) is 3.43. The fraction of sp³-hybridized carbons (Fsp3) is 0.538. The van der Waals surface area contributed by atoms with Gasteiger partial charge in [-0.3, -0.25) is 9.97 Å². The number of aryl methyl sites for hydroxylation is 1. The Kier molecular flexibility index (Phi) is 9.59. The third-order valence-electron chi connectivity index (χ3n) is 7.33. The van der Waals surface area contributed by atoms with Crippen LogP contribution in [0.1, 0.15) is 42.6 Å². The standard InChI is InChI=1S/C24H33N5O3.C2HF3O2/c1-16-13-26-19(14-25-16)15-27-23(30)28-18-7-8-24(9-10-29(2)22(24)12-18)17-5-6-20(31-3)21(11-17)32-4;3-2(4,5)1(6)7/h5-6,11,13-14,18,22H,7-10,12,15H2,1-4H3,(H2,27,28,30);(H,6,7)/t18-,22+,24+;/m1./s1. The quantitative estimate of drug-likeness (QED) is 0.497. The number of nitrogens with one attached hydrogen (secondary N) is 2. The first-order chi connectivity index (χ1) is 18.4. The number of likely N-dealkylation sites (tertiary alicyclic amines) is 1. The molecule has 2 aromatic rings. The number of benzene rings is 1. The van der Waals surface area contributed by atoms with E-state index in [0.29, 0.717) is 12.6 Å². The molecular weight excluding hydrogens is 519 g/mol. The van der Waals surface area contributed by atoms with Crippen molar-refractivity contribution in [3.05, 3.63) is 47.5 Å². The minimum Gasteiger partial charge on any atom is -0.493 e. The molecule has 214 valence electrons. The Morgan fingerprint density at radius 1 is 1.15 bits per heavy atom. The molecule has 0 unspecified atom stereocenters. The number of hydrogen-bond donors (Lipinski definition) is 3. The Morgan fingerprint density at radius 3 is 2.44 bits per heavy atom.